The van der Waals surface area contributed by atoms with Gasteiger partial charge in [-0.1, -0.05) is 70.0 Å². The Balaban J connectivity index is 0.000000591. The first-order valence-corrected chi connectivity index (χ1v) is 9.66. The van der Waals surface area contributed by atoms with E-state index in [-0.39, 0.29) is 6.42 Å². The third-order valence-corrected chi connectivity index (χ3v) is 3.83. The van der Waals surface area contributed by atoms with E-state index in [0.29, 0.717) is 12.3 Å². The third kappa shape index (κ3) is 10.6. The van der Waals surface area contributed by atoms with Gasteiger partial charge in [0.1, 0.15) is 13.3 Å². The van der Waals surface area contributed by atoms with E-state index in [4.69, 9.17) is 15.9 Å². The van der Waals surface area contributed by atoms with E-state index < -0.39 is 24.0 Å². The summed E-state index contributed by atoms with van der Waals surface area (Å²) in [6.45, 7) is 7.89. The highest BCUT2D eigenvalue weighted by Gasteiger charge is 2.17. The van der Waals surface area contributed by atoms with Gasteiger partial charge in [0.05, 0.1) is 0 Å². The Bertz CT molecular complexity index is 843. The number of nitrogens with zero attached hydrogens (tertiary/aromatic N) is 1. The molecule has 30 heavy (non-hydrogen) atoms. The topological polar surface area (TPSA) is 130 Å². The van der Waals surface area contributed by atoms with E-state index >= 15 is 0 Å². The lowest BCUT2D eigenvalue weighted by Crippen LogP contribution is -2.31. The molecule has 0 saturated carbocycles. The predicted octanol–water partition coefficient (Wildman–Crippen LogP) is 3.40. The van der Waals surface area contributed by atoms with Crippen molar-refractivity contribution in [1.82, 2.24) is 0 Å². The van der Waals surface area contributed by atoms with E-state index in [9.17, 15) is 14.4 Å². The van der Waals surface area contributed by atoms with Crippen LogP contribution < -0.4 is 5.73 Å². The second-order valence-electron chi connectivity index (χ2n) is 7.07. The fraction of sp³-hybridized carbons (Fsp3) is 0.409. The molecule has 2 aromatic carbocycles. The SMILES string of the molecule is CC(C)CC(N)C(=O)O.C[B]C.O=C=NC(Cc1cccc2ccccc12)C(=O)O. The van der Waals surface area contributed by atoms with E-state index in [0.717, 1.165) is 16.3 Å². The number of carboxylic acid groups (broad SMARTS) is 2. The van der Waals surface area contributed by atoms with Crippen LogP contribution in [0.15, 0.2) is 47.5 Å². The van der Waals surface area contributed by atoms with Gasteiger partial charge < -0.3 is 15.9 Å². The zero-order chi connectivity index (χ0) is 23.1. The third-order valence-electron chi connectivity index (χ3n) is 3.83. The monoisotopic (exact) mass is 413 g/mol. The molecule has 0 aliphatic heterocycles. The molecular weight excluding hydrogens is 383 g/mol. The quantitative estimate of drug-likeness (QED) is 0.362. The first-order valence-electron chi connectivity index (χ1n) is 9.66. The minimum Gasteiger partial charge on any atom is -0.480 e. The molecule has 8 heteroatoms. The number of aliphatic imine (C=N–C) groups is 1. The highest BCUT2D eigenvalue weighted by Crippen LogP contribution is 2.20. The summed E-state index contributed by atoms with van der Waals surface area (Å²) in [7, 11) is 2.00. The standard InChI is InChI=1S/C14H11NO3.C6H13NO2.C2H6B/c16-9-15-13(14(17)18)8-11-6-3-5-10-4-1-2-7-12(10)11;1-4(2)3-5(7)6(8)9;1-3-2/h1-7,13H,8H2,(H,17,18);4-5H,3,7H2,1-2H3,(H,8,9);1-2H3. The number of carbonyl (C=O) groups excluding carboxylic acids is 1. The van der Waals surface area contributed by atoms with Crippen molar-refractivity contribution >= 4 is 36.1 Å². The molecule has 0 fully saturated rings. The second kappa shape index (κ2) is 15.0. The Morgan fingerprint density at radius 3 is 2.10 bits per heavy atom. The van der Waals surface area contributed by atoms with Gasteiger partial charge in [0.2, 0.25) is 6.08 Å². The van der Waals surface area contributed by atoms with Crippen LogP contribution in [0.5, 0.6) is 0 Å². The van der Waals surface area contributed by atoms with E-state index in [1.165, 1.54) is 6.08 Å². The zero-order valence-electron chi connectivity index (χ0n) is 17.9. The molecule has 0 aromatic heterocycles. The van der Waals surface area contributed by atoms with Gasteiger partial charge >= 0.3 is 11.9 Å². The van der Waals surface area contributed by atoms with Crippen LogP contribution in [0.2, 0.25) is 13.6 Å². The molecule has 0 amide bonds. The molecule has 1 radical (unpaired) electrons. The number of benzene rings is 2. The molecule has 2 aromatic rings. The molecule has 0 aliphatic carbocycles. The van der Waals surface area contributed by atoms with Crippen molar-refractivity contribution in [3.8, 4) is 0 Å². The van der Waals surface area contributed by atoms with Gasteiger partial charge in [-0.25, -0.2) is 9.59 Å². The van der Waals surface area contributed by atoms with Crippen molar-refractivity contribution < 1.29 is 24.6 Å². The van der Waals surface area contributed by atoms with E-state index in [1.807, 2.05) is 77.2 Å². The van der Waals surface area contributed by atoms with Crippen molar-refractivity contribution in [2.45, 2.75) is 52.4 Å². The van der Waals surface area contributed by atoms with Gasteiger partial charge in [0, 0.05) is 6.42 Å². The molecule has 0 bridgehead atoms. The Morgan fingerprint density at radius 1 is 1.07 bits per heavy atom. The van der Waals surface area contributed by atoms with E-state index in [1.54, 1.807) is 0 Å². The zero-order valence-corrected chi connectivity index (χ0v) is 17.9. The van der Waals surface area contributed by atoms with Gasteiger partial charge in [-0.3, -0.25) is 4.79 Å². The molecular formula is C22H30BN2O5. The summed E-state index contributed by atoms with van der Waals surface area (Å²) in [5, 5.41) is 19.3. The highest BCUT2D eigenvalue weighted by atomic mass is 16.4. The lowest BCUT2D eigenvalue weighted by atomic mass is 9.88. The molecule has 4 N–H and O–H groups in total. The van der Waals surface area contributed by atoms with Crippen LogP contribution >= 0.6 is 0 Å². The van der Waals surface area contributed by atoms with Crippen LogP contribution in [0.3, 0.4) is 0 Å². The van der Waals surface area contributed by atoms with Crippen LogP contribution in [-0.2, 0) is 20.8 Å². The summed E-state index contributed by atoms with van der Waals surface area (Å²) in [6, 6.07) is 11.6. The lowest BCUT2D eigenvalue weighted by molar-refractivity contribution is -0.139. The summed E-state index contributed by atoms with van der Waals surface area (Å²) in [6.07, 6.45) is 2.05. The number of aliphatic carboxylic acids is 2. The van der Waals surface area contributed by atoms with E-state index in [2.05, 4.69) is 4.99 Å². The maximum Gasteiger partial charge on any atom is 0.329 e. The molecule has 0 saturated heterocycles. The fourth-order valence-electron chi connectivity index (χ4n) is 2.54. The molecule has 0 aliphatic rings. The van der Waals surface area contributed by atoms with Gasteiger partial charge in [0.15, 0.2) is 6.04 Å². The number of hydrogen-bond donors (Lipinski definition) is 3. The van der Waals surface area contributed by atoms with Crippen molar-refractivity contribution in [2.24, 2.45) is 16.6 Å². The molecule has 0 spiro atoms. The Labute approximate surface area is 178 Å². The summed E-state index contributed by atoms with van der Waals surface area (Å²) < 4.78 is 0. The van der Waals surface area contributed by atoms with Gasteiger partial charge in [-0.2, -0.15) is 4.99 Å². The summed E-state index contributed by atoms with van der Waals surface area (Å²) in [5.41, 5.74) is 6.08. The maximum atomic E-state index is 11.0. The number of hydrogen-bond acceptors (Lipinski definition) is 5. The summed E-state index contributed by atoms with van der Waals surface area (Å²) >= 11 is 0. The van der Waals surface area contributed by atoms with Crippen LogP contribution in [0, 0.1) is 5.92 Å². The number of fused-ring (bicyclic) bond motifs is 1. The molecule has 161 valence electrons. The summed E-state index contributed by atoms with van der Waals surface area (Å²) in [5.74, 6) is -1.67. The first-order chi connectivity index (χ1) is 14.2. The largest absolute Gasteiger partial charge is 0.480 e. The number of carboxylic acids is 2. The Kier molecular flexibility index (Phi) is 13.5. The smallest absolute Gasteiger partial charge is 0.329 e. The Hall–Kier alpha value is -2.96. The number of isocyanates is 1. The van der Waals surface area contributed by atoms with Crippen LogP contribution in [0.4, 0.5) is 0 Å². The average molecular weight is 413 g/mol. The molecule has 2 unspecified atom stereocenters. The van der Waals surface area contributed by atoms with Crippen LogP contribution in [0.1, 0.15) is 25.8 Å². The van der Waals surface area contributed by atoms with Crippen LogP contribution in [-0.4, -0.2) is 47.6 Å². The maximum absolute atomic E-state index is 11.0. The van der Waals surface area contributed by atoms with Crippen molar-refractivity contribution in [3.63, 3.8) is 0 Å². The van der Waals surface area contributed by atoms with Crippen LogP contribution in [0.25, 0.3) is 10.8 Å². The number of nitrogens with two attached hydrogens (primary N) is 1. The van der Waals surface area contributed by atoms with Crippen molar-refractivity contribution in [2.75, 3.05) is 0 Å². The van der Waals surface area contributed by atoms with Crippen molar-refractivity contribution in [3.05, 3.63) is 48.0 Å². The normalized spacial score (nSPS) is 11.7. The van der Waals surface area contributed by atoms with Gasteiger partial charge in [-0.15, -0.1) is 0 Å². The van der Waals surface area contributed by atoms with Gasteiger partial charge in [0.25, 0.3) is 0 Å². The highest BCUT2D eigenvalue weighted by molar-refractivity contribution is 6.31. The second-order valence-corrected chi connectivity index (χ2v) is 7.07. The van der Waals surface area contributed by atoms with Gasteiger partial charge in [-0.05, 0) is 28.7 Å². The molecule has 7 nitrogen and oxygen atoms in total. The summed E-state index contributed by atoms with van der Waals surface area (Å²) in [4.78, 5) is 34.6. The first kappa shape index (κ1) is 27.0. The average Bonchev–Trinajstić information content (AvgIpc) is 2.68. The molecule has 2 atom stereocenters. The minimum atomic E-state index is -1.12. The molecule has 2 rings (SSSR count). The minimum absolute atomic E-state index is 0.186. The molecule has 0 heterocycles. The van der Waals surface area contributed by atoms with Crippen molar-refractivity contribution in [1.29, 1.82) is 0 Å². The lowest BCUT2D eigenvalue weighted by Gasteiger charge is -2.08. The predicted molar refractivity (Wildman–Crippen MR) is 120 cm³/mol. The number of rotatable bonds is 7. The Morgan fingerprint density at radius 2 is 1.63 bits per heavy atom. The fourth-order valence-corrected chi connectivity index (χ4v) is 2.54. The number of carbonyl (C=O) groups is 2.